The van der Waals surface area contributed by atoms with E-state index in [0.717, 1.165) is 0 Å². The highest BCUT2D eigenvalue weighted by Crippen LogP contribution is 2.42. The highest BCUT2D eigenvalue weighted by molar-refractivity contribution is 6.34. The number of hydrogen-bond donors (Lipinski definition) is 2. The Bertz CT molecular complexity index is 1250. The third-order valence-electron chi connectivity index (χ3n) is 6.67. The number of nitrogens with one attached hydrogen (secondary N) is 1. The van der Waals surface area contributed by atoms with Gasteiger partial charge in [0.1, 0.15) is 11.4 Å². The zero-order valence-corrected chi connectivity index (χ0v) is 20.3. The summed E-state index contributed by atoms with van der Waals surface area (Å²) in [6.07, 6.45) is 4.09. The molecule has 10 heteroatoms. The largest absolute Gasteiger partial charge is 0.486 e. The monoisotopic (exact) mass is 507 g/mol. The number of ketones is 1. The van der Waals surface area contributed by atoms with E-state index in [1.54, 1.807) is 48.8 Å². The molecule has 0 bridgehead atoms. The number of fused-ring (bicyclic) bond motifs is 1. The van der Waals surface area contributed by atoms with Gasteiger partial charge in [-0.3, -0.25) is 14.6 Å². The number of pyridine rings is 1. The van der Waals surface area contributed by atoms with Gasteiger partial charge in [-0.05, 0) is 30.3 Å². The molecule has 36 heavy (non-hydrogen) atoms. The second-order valence-electron chi connectivity index (χ2n) is 9.15. The number of halogens is 1. The topological polar surface area (TPSA) is 118 Å². The molecular formula is C26H26ClN5O4. The number of amides is 1. The van der Waals surface area contributed by atoms with E-state index in [-0.39, 0.29) is 24.7 Å². The summed E-state index contributed by atoms with van der Waals surface area (Å²) in [5.41, 5.74) is 1.12. The lowest BCUT2D eigenvalue weighted by Gasteiger charge is -2.44. The summed E-state index contributed by atoms with van der Waals surface area (Å²) in [6, 6.07) is 12.4. The van der Waals surface area contributed by atoms with Gasteiger partial charge < -0.3 is 20.1 Å². The Balaban J connectivity index is 1.13. The van der Waals surface area contributed by atoms with Crippen LogP contribution in [0.15, 0.2) is 54.9 Å². The zero-order valence-electron chi connectivity index (χ0n) is 19.6. The summed E-state index contributed by atoms with van der Waals surface area (Å²) in [5.74, 6) is 1.04. The van der Waals surface area contributed by atoms with Gasteiger partial charge in [0.25, 0.3) is 0 Å². The number of aliphatic hydroxyl groups excluding tert-OH is 1. The Labute approximate surface area is 213 Å². The van der Waals surface area contributed by atoms with Gasteiger partial charge in [0.2, 0.25) is 5.91 Å². The maximum Gasteiger partial charge on any atom is 0.226 e. The fourth-order valence-electron chi connectivity index (χ4n) is 4.68. The van der Waals surface area contributed by atoms with E-state index in [1.165, 1.54) is 0 Å². The van der Waals surface area contributed by atoms with Crippen LogP contribution in [0.5, 0.6) is 5.75 Å². The Morgan fingerprint density at radius 3 is 2.72 bits per heavy atom. The number of hydrogen-bond acceptors (Lipinski definition) is 8. The Kier molecular flexibility index (Phi) is 6.84. The first-order valence-corrected chi connectivity index (χ1v) is 12.2. The standard InChI is InChI=1S/C26H26ClN5O4/c27-19-4-1-5-22-25(19)20(33)14-26(36-22)8-11-32(12-9-26)23-7-6-18(30-31-23)13-24(35)29-16-21(34)17-3-2-10-28-15-17/h1-7,10,15,21,34H,8-9,11-14,16H2,(H,29,35). The van der Waals surface area contributed by atoms with Crippen LogP contribution in [0.25, 0.3) is 0 Å². The van der Waals surface area contributed by atoms with Crippen molar-refractivity contribution in [3.8, 4) is 5.75 Å². The summed E-state index contributed by atoms with van der Waals surface area (Å²) in [6.45, 7) is 1.43. The van der Waals surface area contributed by atoms with Crippen LogP contribution in [0.4, 0.5) is 5.82 Å². The summed E-state index contributed by atoms with van der Waals surface area (Å²) in [5, 5.41) is 21.8. The first-order valence-electron chi connectivity index (χ1n) is 11.9. The van der Waals surface area contributed by atoms with Crippen LogP contribution in [-0.4, -0.2) is 57.2 Å². The molecule has 1 saturated heterocycles. The number of benzene rings is 1. The van der Waals surface area contributed by atoms with Crippen LogP contribution in [0, 0.1) is 0 Å². The summed E-state index contributed by atoms with van der Waals surface area (Å²) in [4.78, 5) is 31.1. The van der Waals surface area contributed by atoms with E-state index in [2.05, 4.69) is 25.4 Å². The Morgan fingerprint density at radius 2 is 2.00 bits per heavy atom. The molecule has 3 aromatic rings. The first kappa shape index (κ1) is 24.1. The van der Waals surface area contributed by atoms with Crippen molar-refractivity contribution in [1.82, 2.24) is 20.5 Å². The third-order valence-corrected chi connectivity index (χ3v) is 6.99. The normalized spacial score (nSPS) is 17.3. The third kappa shape index (κ3) is 5.17. The van der Waals surface area contributed by atoms with E-state index >= 15 is 0 Å². The molecule has 1 atom stereocenters. The summed E-state index contributed by atoms with van der Waals surface area (Å²) < 4.78 is 6.29. The molecule has 2 aromatic heterocycles. The minimum Gasteiger partial charge on any atom is -0.486 e. The van der Waals surface area contributed by atoms with Gasteiger partial charge in [-0.15, -0.1) is 5.10 Å². The number of carbonyl (C=O) groups excluding carboxylic acids is 2. The van der Waals surface area contributed by atoms with Gasteiger partial charge in [0, 0.05) is 50.4 Å². The van der Waals surface area contributed by atoms with Crippen molar-refractivity contribution in [1.29, 1.82) is 0 Å². The molecule has 0 aliphatic carbocycles. The summed E-state index contributed by atoms with van der Waals surface area (Å²) >= 11 is 6.21. The zero-order chi connectivity index (χ0) is 25.1. The van der Waals surface area contributed by atoms with Gasteiger partial charge >= 0.3 is 0 Å². The fourth-order valence-corrected chi connectivity index (χ4v) is 4.95. The maximum atomic E-state index is 12.8. The van der Waals surface area contributed by atoms with E-state index in [1.807, 2.05) is 6.07 Å². The number of aromatic nitrogens is 3. The van der Waals surface area contributed by atoms with Crippen LogP contribution >= 0.6 is 11.6 Å². The minimum atomic E-state index is -0.826. The van der Waals surface area contributed by atoms with Crippen molar-refractivity contribution < 1.29 is 19.4 Å². The van der Waals surface area contributed by atoms with Crippen molar-refractivity contribution in [2.75, 3.05) is 24.5 Å². The molecule has 2 aliphatic rings. The highest BCUT2D eigenvalue weighted by atomic mass is 35.5. The average molecular weight is 508 g/mol. The van der Waals surface area contributed by atoms with E-state index in [9.17, 15) is 14.7 Å². The van der Waals surface area contributed by atoms with Crippen molar-refractivity contribution in [2.45, 2.75) is 37.4 Å². The van der Waals surface area contributed by atoms with Crippen LogP contribution < -0.4 is 15.0 Å². The highest BCUT2D eigenvalue weighted by Gasteiger charge is 2.43. The molecule has 0 radical (unpaired) electrons. The molecule has 2 N–H and O–H groups in total. The molecular weight excluding hydrogens is 482 g/mol. The van der Waals surface area contributed by atoms with Crippen molar-refractivity contribution >= 4 is 29.1 Å². The van der Waals surface area contributed by atoms with Gasteiger partial charge in [0.15, 0.2) is 11.6 Å². The SMILES string of the molecule is O=C(Cc1ccc(N2CCC3(CC2)CC(=O)c2c(Cl)cccc2O3)nn1)NCC(O)c1cccnc1. The van der Waals surface area contributed by atoms with Crippen molar-refractivity contribution in [3.63, 3.8) is 0 Å². The maximum absolute atomic E-state index is 12.8. The number of nitrogens with zero attached hydrogens (tertiary/aromatic N) is 4. The minimum absolute atomic E-state index is 0.0191. The number of anilines is 1. The molecule has 5 rings (SSSR count). The summed E-state index contributed by atoms with van der Waals surface area (Å²) in [7, 11) is 0. The second kappa shape index (κ2) is 10.2. The molecule has 1 unspecified atom stereocenters. The molecule has 1 fully saturated rings. The fraction of sp³-hybridized carbons (Fsp3) is 0.346. The van der Waals surface area contributed by atoms with Gasteiger partial charge in [-0.2, -0.15) is 5.10 Å². The quantitative estimate of drug-likeness (QED) is 0.523. The van der Waals surface area contributed by atoms with Crippen LogP contribution in [0.3, 0.4) is 0 Å². The lowest BCUT2D eigenvalue weighted by atomic mass is 9.82. The number of piperidine rings is 1. The molecule has 1 aromatic carbocycles. The number of Topliss-reactive ketones (excluding diaryl/α,β-unsaturated/α-hetero) is 1. The lowest BCUT2D eigenvalue weighted by molar-refractivity contribution is -0.121. The number of rotatable bonds is 6. The molecule has 1 spiro atoms. The average Bonchev–Trinajstić information content (AvgIpc) is 2.88. The van der Waals surface area contributed by atoms with Crippen LogP contribution in [0.1, 0.15) is 47.0 Å². The Morgan fingerprint density at radius 1 is 1.17 bits per heavy atom. The number of ether oxygens (including phenoxy) is 1. The van der Waals surface area contributed by atoms with E-state index in [4.69, 9.17) is 16.3 Å². The number of carbonyl (C=O) groups is 2. The molecule has 4 heterocycles. The van der Waals surface area contributed by atoms with Crippen LogP contribution in [0.2, 0.25) is 5.02 Å². The first-order chi connectivity index (χ1) is 17.4. The Hall–Kier alpha value is -3.56. The van der Waals surface area contributed by atoms with Gasteiger partial charge in [0.05, 0.1) is 35.2 Å². The molecule has 2 aliphatic heterocycles. The van der Waals surface area contributed by atoms with Crippen molar-refractivity contribution in [3.05, 3.63) is 76.7 Å². The predicted octanol–water partition coefficient (Wildman–Crippen LogP) is 2.92. The predicted molar refractivity (Wildman–Crippen MR) is 133 cm³/mol. The molecule has 0 saturated carbocycles. The van der Waals surface area contributed by atoms with Gasteiger partial charge in [-0.25, -0.2) is 0 Å². The van der Waals surface area contributed by atoms with Crippen molar-refractivity contribution in [2.24, 2.45) is 0 Å². The smallest absolute Gasteiger partial charge is 0.226 e. The molecule has 1 amide bonds. The van der Waals surface area contributed by atoms with Gasteiger partial charge in [-0.1, -0.05) is 23.7 Å². The van der Waals surface area contributed by atoms with Crippen LogP contribution in [-0.2, 0) is 11.2 Å². The van der Waals surface area contributed by atoms with E-state index < -0.39 is 11.7 Å². The van der Waals surface area contributed by atoms with E-state index in [0.29, 0.717) is 65.8 Å². The molecule has 186 valence electrons. The lowest BCUT2D eigenvalue weighted by Crippen LogP contribution is -2.51. The molecule has 9 nitrogen and oxygen atoms in total. The number of aliphatic hydroxyl groups is 1. The second-order valence-corrected chi connectivity index (χ2v) is 9.56.